The number of hydrogen-bond acceptors (Lipinski definition) is 13. The van der Waals surface area contributed by atoms with Crippen LogP contribution >= 0.6 is 0 Å². The van der Waals surface area contributed by atoms with Crippen molar-refractivity contribution in [2.75, 3.05) is 154 Å². The summed E-state index contributed by atoms with van der Waals surface area (Å²) in [7, 11) is 4.07. The largest absolute Gasteiger partial charge is 0.473 e. The Hall–Kier alpha value is -4.28. The number of ether oxygens (including phenoxy) is 7. The van der Waals surface area contributed by atoms with E-state index in [0.717, 1.165) is 45.9 Å². The lowest BCUT2D eigenvalue weighted by atomic mass is 9.79. The molecule has 0 saturated heterocycles. The monoisotopic (exact) mass is 847 g/mol. The summed E-state index contributed by atoms with van der Waals surface area (Å²) in [5.74, 6) is 0.727. The van der Waals surface area contributed by atoms with Crippen molar-refractivity contribution >= 4 is 17.1 Å². The zero-order chi connectivity index (χ0) is 43.4. The number of benzene rings is 4. The first-order valence-corrected chi connectivity index (χ1v) is 21.5. The average molecular weight is 848 g/mol. The second-order valence-electron chi connectivity index (χ2n) is 14.5. The number of aliphatic hydroxyl groups excluding tert-OH is 3. The molecule has 0 amide bonds. The predicted molar refractivity (Wildman–Crippen MR) is 241 cm³/mol. The normalized spacial score (nSPS) is 12.3. The lowest BCUT2D eigenvalue weighted by Crippen LogP contribution is -2.37. The highest BCUT2D eigenvalue weighted by Gasteiger charge is 2.39. The van der Waals surface area contributed by atoms with Gasteiger partial charge in [0.05, 0.1) is 92.5 Å². The molecular formula is C48H69N3O10. The molecule has 1 atom stereocenters. The van der Waals surface area contributed by atoms with Crippen LogP contribution in [0.25, 0.3) is 0 Å². The molecule has 0 saturated carbocycles. The van der Waals surface area contributed by atoms with Gasteiger partial charge in [0.2, 0.25) is 0 Å². The lowest BCUT2D eigenvalue weighted by molar-refractivity contribution is 0.0347. The van der Waals surface area contributed by atoms with E-state index in [-0.39, 0.29) is 33.0 Å². The summed E-state index contributed by atoms with van der Waals surface area (Å²) < 4.78 is 41.3. The minimum atomic E-state index is -1.05. The maximum absolute atomic E-state index is 9.30. The van der Waals surface area contributed by atoms with Crippen molar-refractivity contribution in [3.05, 3.63) is 120 Å². The molecule has 0 aliphatic carbocycles. The van der Waals surface area contributed by atoms with E-state index in [1.807, 2.05) is 44.4 Å². The van der Waals surface area contributed by atoms with E-state index in [1.54, 1.807) is 0 Å². The first kappa shape index (κ1) is 49.4. The molecule has 0 aromatic heterocycles. The molecule has 4 aromatic rings. The maximum atomic E-state index is 9.30. The third kappa shape index (κ3) is 16.5. The molecule has 336 valence electrons. The van der Waals surface area contributed by atoms with E-state index < -0.39 is 5.60 Å². The fourth-order valence-corrected chi connectivity index (χ4v) is 6.78. The summed E-state index contributed by atoms with van der Waals surface area (Å²) in [6.45, 7) is 9.96. The third-order valence-corrected chi connectivity index (χ3v) is 9.90. The Morgan fingerprint density at radius 2 is 0.754 bits per heavy atom. The number of para-hydroxylation sites is 1. The average Bonchev–Trinajstić information content (AvgIpc) is 3.29. The molecule has 0 aliphatic rings. The summed E-state index contributed by atoms with van der Waals surface area (Å²) in [5, 5.41) is 27.3. The molecule has 0 spiro atoms. The van der Waals surface area contributed by atoms with E-state index in [0.29, 0.717) is 92.2 Å². The van der Waals surface area contributed by atoms with Crippen molar-refractivity contribution in [3.63, 3.8) is 0 Å². The number of rotatable bonds is 34. The minimum absolute atomic E-state index is 0.00604. The highest BCUT2D eigenvalue weighted by atomic mass is 16.5. The van der Waals surface area contributed by atoms with Crippen LogP contribution in [0.2, 0.25) is 0 Å². The van der Waals surface area contributed by atoms with Crippen molar-refractivity contribution in [3.8, 4) is 5.75 Å². The fraction of sp³-hybridized carbons (Fsp3) is 0.500. The van der Waals surface area contributed by atoms with Gasteiger partial charge in [-0.15, -0.1) is 0 Å². The lowest BCUT2D eigenvalue weighted by Gasteiger charge is -2.37. The van der Waals surface area contributed by atoms with Crippen LogP contribution in [0, 0.1) is 0 Å². The molecule has 4 rings (SSSR count). The van der Waals surface area contributed by atoms with E-state index >= 15 is 0 Å². The summed E-state index contributed by atoms with van der Waals surface area (Å²) in [6, 6.07) is 35.6. The summed E-state index contributed by atoms with van der Waals surface area (Å²) >= 11 is 0. The van der Waals surface area contributed by atoms with Crippen LogP contribution in [0.1, 0.15) is 30.0 Å². The quantitative estimate of drug-likeness (QED) is 0.0420. The molecule has 0 radical (unpaired) electrons. The Balaban J connectivity index is 1.73. The van der Waals surface area contributed by atoms with Gasteiger partial charge in [0.15, 0.2) is 5.60 Å². The molecule has 61 heavy (non-hydrogen) atoms. The molecule has 0 bridgehead atoms. The Morgan fingerprint density at radius 1 is 0.410 bits per heavy atom. The molecule has 4 aromatic carbocycles. The Morgan fingerprint density at radius 3 is 1.11 bits per heavy atom. The predicted octanol–water partition coefficient (Wildman–Crippen LogP) is 5.22. The number of aliphatic hydroxyl groups is 3. The van der Waals surface area contributed by atoms with Gasteiger partial charge < -0.3 is 63.2 Å². The molecule has 13 heteroatoms. The first-order valence-electron chi connectivity index (χ1n) is 21.5. The number of hydrogen-bond donors (Lipinski definition) is 3. The van der Waals surface area contributed by atoms with Gasteiger partial charge in [-0.25, -0.2) is 0 Å². The van der Waals surface area contributed by atoms with Gasteiger partial charge in [0, 0.05) is 80.6 Å². The van der Waals surface area contributed by atoms with Gasteiger partial charge in [0.25, 0.3) is 0 Å². The topological polar surface area (TPSA) is 135 Å². The standard InChI is InChI=1S/C48H69N3O10/c1-4-29-55-30-22-50(24-32-57-37-39-59-35-27-53)45-18-12-42(13-19-45)48(61-47-8-6-5-7-9-47,41-10-16-44(17-11-41)49(2)3)43-14-20-46(21-15-43)51(23-31-56-34-26-52)25-33-58-38-40-60-36-28-54/h5-21,52-54H,4,22-40H2,1-3H3. The Labute approximate surface area is 363 Å². The van der Waals surface area contributed by atoms with Gasteiger partial charge in [-0.2, -0.15) is 0 Å². The zero-order valence-electron chi connectivity index (χ0n) is 36.5. The van der Waals surface area contributed by atoms with Gasteiger partial charge in [-0.1, -0.05) is 61.5 Å². The van der Waals surface area contributed by atoms with Crippen molar-refractivity contribution in [1.82, 2.24) is 0 Å². The van der Waals surface area contributed by atoms with Crippen LogP contribution in [-0.2, 0) is 34.0 Å². The Kier molecular flexibility index (Phi) is 23.6. The van der Waals surface area contributed by atoms with Crippen molar-refractivity contribution < 1.29 is 48.5 Å². The number of nitrogens with zero attached hydrogens (tertiary/aromatic N) is 3. The summed E-state index contributed by atoms with van der Waals surface area (Å²) in [5.41, 5.74) is 4.92. The molecular weight excluding hydrogens is 779 g/mol. The van der Waals surface area contributed by atoms with Gasteiger partial charge in [0.1, 0.15) is 5.75 Å². The summed E-state index contributed by atoms with van der Waals surface area (Å²) in [6.07, 6.45) is 0.958. The summed E-state index contributed by atoms with van der Waals surface area (Å²) in [4.78, 5) is 6.57. The molecule has 0 fully saturated rings. The molecule has 1 unspecified atom stereocenters. The van der Waals surface area contributed by atoms with Crippen LogP contribution in [0.3, 0.4) is 0 Å². The molecule has 0 aliphatic heterocycles. The maximum Gasteiger partial charge on any atom is 0.184 e. The molecule has 3 N–H and O–H groups in total. The van der Waals surface area contributed by atoms with Crippen molar-refractivity contribution in [2.24, 2.45) is 0 Å². The SMILES string of the molecule is CCCOCCN(CCOCCOCCO)c1ccc(C(Oc2ccccc2)(c2ccc(N(C)C)cc2)c2ccc(N(CCOCCO)CCOCCOCCO)cc2)cc1. The number of anilines is 3. The second kappa shape index (κ2) is 29.1. The molecule has 13 nitrogen and oxygen atoms in total. The highest BCUT2D eigenvalue weighted by Crippen LogP contribution is 2.43. The van der Waals surface area contributed by atoms with Crippen LogP contribution in [0.4, 0.5) is 17.1 Å². The highest BCUT2D eigenvalue weighted by molar-refractivity contribution is 5.58. The van der Waals surface area contributed by atoms with Crippen LogP contribution in [-0.4, -0.2) is 155 Å². The first-order chi connectivity index (χ1) is 30.0. The Bertz CT molecular complexity index is 1600. The van der Waals surface area contributed by atoms with Gasteiger partial charge >= 0.3 is 0 Å². The van der Waals surface area contributed by atoms with Crippen LogP contribution < -0.4 is 19.4 Å². The molecule has 0 heterocycles. The van der Waals surface area contributed by atoms with Crippen LogP contribution in [0.15, 0.2) is 103 Å². The van der Waals surface area contributed by atoms with Crippen molar-refractivity contribution in [2.45, 2.75) is 18.9 Å². The fourth-order valence-electron chi connectivity index (χ4n) is 6.78. The third-order valence-electron chi connectivity index (χ3n) is 9.90. The van der Waals surface area contributed by atoms with Gasteiger partial charge in [-0.05, 0) is 55.0 Å². The van der Waals surface area contributed by atoms with Crippen molar-refractivity contribution in [1.29, 1.82) is 0 Å². The van der Waals surface area contributed by atoms with E-state index in [1.165, 1.54) is 0 Å². The van der Waals surface area contributed by atoms with Crippen LogP contribution in [0.5, 0.6) is 5.75 Å². The zero-order valence-corrected chi connectivity index (χ0v) is 36.5. The van der Waals surface area contributed by atoms with E-state index in [4.69, 9.17) is 43.4 Å². The smallest absolute Gasteiger partial charge is 0.184 e. The second-order valence-corrected chi connectivity index (χ2v) is 14.5. The van der Waals surface area contributed by atoms with Gasteiger partial charge in [-0.3, -0.25) is 0 Å². The minimum Gasteiger partial charge on any atom is -0.473 e. The van der Waals surface area contributed by atoms with E-state index in [9.17, 15) is 5.11 Å². The van der Waals surface area contributed by atoms with E-state index in [2.05, 4.69) is 94.4 Å².